The van der Waals surface area contributed by atoms with E-state index in [9.17, 15) is 32.3 Å². The van der Waals surface area contributed by atoms with Gasteiger partial charge in [-0.3, -0.25) is 23.1 Å². The Morgan fingerprint density at radius 2 is 1.13 bits per heavy atom. The van der Waals surface area contributed by atoms with E-state index in [2.05, 4.69) is 29.0 Å². The fraction of sp³-hybridized carbons (Fsp3) is 0.370. The van der Waals surface area contributed by atoms with E-state index in [1.54, 1.807) is 81.7 Å². The predicted molar refractivity (Wildman–Crippen MR) is 261 cm³/mol. The highest BCUT2D eigenvalue weighted by atomic mass is 19.1. The zero-order valence-electron chi connectivity index (χ0n) is 40.9. The molecule has 2 aliphatic heterocycles. The molecule has 15 heteroatoms. The number of amides is 2. The summed E-state index contributed by atoms with van der Waals surface area (Å²) in [5.41, 5.74) is 2.39. The number of carbonyl (C=O) groups excluding carboxylic acids is 2. The summed E-state index contributed by atoms with van der Waals surface area (Å²) in [7, 11) is 0.741. The zero-order valence-corrected chi connectivity index (χ0v) is 39.9. The fourth-order valence-corrected chi connectivity index (χ4v) is 7.89. The van der Waals surface area contributed by atoms with Crippen LogP contribution in [-0.2, 0) is 35.4 Å². The number of nitrogens with zero attached hydrogens (tertiary/aromatic N) is 5. The average molecular weight is 944 g/mol. The minimum Gasteiger partial charge on any atom is -0.444 e. The van der Waals surface area contributed by atoms with Crippen LogP contribution in [0.4, 0.5) is 22.8 Å². The first-order valence-corrected chi connectivity index (χ1v) is 22.6. The lowest BCUT2D eigenvalue weighted by Gasteiger charge is -2.30. The van der Waals surface area contributed by atoms with Crippen LogP contribution in [0.25, 0.3) is 21.8 Å². The molecule has 4 heterocycles. The second-order valence-corrected chi connectivity index (χ2v) is 18.7. The van der Waals surface area contributed by atoms with Gasteiger partial charge in [-0.25, -0.2) is 28.3 Å². The summed E-state index contributed by atoms with van der Waals surface area (Å²) in [6.07, 6.45) is 2.93. The van der Waals surface area contributed by atoms with E-state index < -0.39 is 24.4 Å². The Labute approximate surface area is 401 Å². The average Bonchev–Trinajstić information content (AvgIpc) is 3.63. The van der Waals surface area contributed by atoms with E-state index in [4.69, 9.17) is 20.8 Å². The van der Waals surface area contributed by atoms with Crippen molar-refractivity contribution in [3.63, 3.8) is 0 Å². The third-order valence-corrected chi connectivity index (χ3v) is 11.2. The molecule has 2 atom stereocenters. The molecular formula is C54H57F3N6O6. The molecule has 0 radical (unpaired) electrons. The number of alkyl halides is 1. The number of hydrogen-bond donors (Lipinski definition) is 1. The van der Waals surface area contributed by atoms with Gasteiger partial charge >= 0.3 is 12.2 Å². The molecule has 2 unspecified atom stereocenters. The first kappa shape index (κ1) is 49.5. The van der Waals surface area contributed by atoms with Crippen LogP contribution in [0, 0.1) is 35.3 Å². The van der Waals surface area contributed by atoms with Gasteiger partial charge < -0.3 is 19.7 Å². The highest BCUT2D eigenvalue weighted by molar-refractivity contribution is 5.80. The summed E-state index contributed by atoms with van der Waals surface area (Å²) in [4.78, 5) is 62.1. The van der Waals surface area contributed by atoms with Gasteiger partial charge in [-0.15, -0.1) is 0 Å². The largest absolute Gasteiger partial charge is 0.444 e. The number of nitrogens with one attached hydrogen (secondary N) is 1. The first-order valence-electron chi connectivity index (χ1n) is 23.3. The van der Waals surface area contributed by atoms with Crippen LogP contribution in [-0.4, -0.2) is 73.7 Å². The molecule has 0 saturated heterocycles. The van der Waals surface area contributed by atoms with Crippen molar-refractivity contribution in [2.75, 3.05) is 14.2 Å². The Balaban J connectivity index is 0.000000218. The summed E-state index contributed by atoms with van der Waals surface area (Å²) >= 11 is 0. The topological polar surface area (TPSA) is 138 Å². The minimum absolute atomic E-state index is 0.0493. The number of ether oxygens (including phenoxy) is 2. The Kier molecular flexibility index (Phi) is 15.9. The zero-order chi connectivity index (χ0) is 50.8. The number of fused-ring (bicyclic) bond motifs is 4. The van der Waals surface area contributed by atoms with Gasteiger partial charge in [0.1, 0.15) is 34.5 Å². The molecule has 12 nitrogen and oxygen atoms in total. The van der Waals surface area contributed by atoms with E-state index in [1.807, 2.05) is 41.5 Å². The van der Waals surface area contributed by atoms with Gasteiger partial charge in [0.15, 0.2) is 0 Å². The highest BCUT2D eigenvalue weighted by Gasteiger charge is 2.28. The summed E-state index contributed by atoms with van der Waals surface area (Å²) in [6, 6.07) is 22.7. The maximum absolute atomic E-state index is 13.4. The quantitative estimate of drug-likeness (QED) is 0.170. The second kappa shape index (κ2) is 22.1. The number of carbonyl (C=O) groups is 2. The maximum Gasteiger partial charge on any atom is 0.410 e. The Morgan fingerprint density at radius 3 is 1.59 bits per heavy atom. The fourth-order valence-electron chi connectivity index (χ4n) is 7.89. The molecule has 360 valence electrons. The molecule has 0 aliphatic carbocycles. The smallest absolute Gasteiger partial charge is 0.410 e. The molecule has 2 aliphatic rings. The first-order chi connectivity index (χ1) is 33.2. The molecule has 0 saturated carbocycles. The Morgan fingerprint density at radius 1 is 0.681 bits per heavy atom. The molecule has 0 spiro atoms. The number of rotatable bonds is 2. The van der Waals surface area contributed by atoms with Crippen LogP contribution in [0.5, 0.6) is 0 Å². The van der Waals surface area contributed by atoms with E-state index in [0.717, 1.165) is 0 Å². The lowest BCUT2D eigenvalue weighted by Crippen LogP contribution is -2.41. The van der Waals surface area contributed by atoms with Crippen LogP contribution in [0.15, 0.2) is 94.5 Å². The van der Waals surface area contributed by atoms with Crippen molar-refractivity contribution in [3.05, 3.63) is 151 Å². The van der Waals surface area contributed by atoms with Crippen LogP contribution in [0.2, 0.25) is 0 Å². The third-order valence-electron chi connectivity index (χ3n) is 11.2. The number of aryl methyl sites for hydroxylation is 2. The molecule has 2 aromatic heterocycles. The molecule has 69 heavy (non-hydrogen) atoms. The van der Waals surface area contributed by atoms with Crippen molar-refractivity contribution >= 4 is 34.0 Å². The monoisotopic (exact) mass is 943 g/mol. The minimum atomic E-state index is -1.00. The van der Waals surface area contributed by atoms with Gasteiger partial charge in [0.05, 0.1) is 30.3 Å². The number of alkyl carbamates (subject to hydrolysis) is 1. The Bertz CT molecular complexity index is 3140. The van der Waals surface area contributed by atoms with Gasteiger partial charge in [0, 0.05) is 67.3 Å². The number of halogens is 3. The molecular weight excluding hydrogens is 886 g/mol. The predicted octanol–water partition coefficient (Wildman–Crippen LogP) is 9.26. The van der Waals surface area contributed by atoms with E-state index in [0.29, 0.717) is 107 Å². The molecule has 2 amide bonds. The van der Waals surface area contributed by atoms with Crippen molar-refractivity contribution in [1.82, 2.24) is 29.3 Å². The number of aromatic nitrogens is 4. The van der Waals surface area contributed by atoms with Gasteiger partial charge in [-0.05, 0) is 140 Å². The van der Waals surface area contributed by atoms with Gasteiger partial charge in [0.2, 0.25) is 0 Å². The molecule has 4 aromatic carbocycles. The normalized spacial score (nSPS) is 15.5. The molecule has 0 fully saturated rings. The summed E-state index contributed by atoms with van der Waals surface area (Å²) in [5, 5.41) is 3.96. The van der Waals surface area contributed by atoms with Crippen LogP contribution < -0.4 is 16.4 Å². The van der Waals surface area contributed by atoms with Crippen molar-refractivity contribution in [2.45, 2.75) is 116 Å². The van der Waals surface area contributed by atoms with Crippen molar-refractivity contribution in [1.29, 1.82) is 0 Å². The SMILES string of the molecule is CC(C)(C)OC(=O)NC1CCc2nc3cc(C#Cc4cccc(F)c4)ccc3c(=O)n2CC1.CN(C(=O)OC(C)(C)C)C1CCc2nc3cc(C#Cc4cccc(F)c4)ccc3c(=O)n2CC1.[2H]CF. The van der Waals surface area contributed by atoms with Gasteiger partial charge in [-0.1, -0.05) is 35.8 Å². The third kappa shape index (κ3) is 13.8. The molecule has 0 bridgehead atoms. The molecule has 1 N–H and O–H groups in total. The summed E-state index contributed by atoms with van der Waals surface area (Å²) in [5.74, 6) is 12.6. The van der Waals surface area contributed by atoms with Gasteiger partial charge in [-0.2, -0.15) is 0 Å². The summed E-state index contributed by atoms with van der Waals surface area (Å²) < 4.78 is 56.5. The standard InChI is InChI=1S/C27H28FN3O3.C26H26FN3O3.CH3F/c1-27(2,3)34-26(33)30(4)21-11-13-24-29-23-17-19(9-8-18-6-5-7-20(28)16-18)10-12-22(23)25(32)31(24)15-14-21;1-26(2,3)33-25(32)28-20-10-12-23-29-22-16-18(8-7-17-5-4-6-19(27)15-17)9-11-21(22)24(31)30(23)14-13-20;1-2/h5-7,10,12,16-17,21H,11,13-15H2,1-4H3;4-6,9,11,15-16,20H,10,12-14H2,1-3H3,(H,28,32);1H3/i;;1D. The Hall–Kier alpha value is -7.39. The van der Waals surface area contributed by atoms with Crippen molar-refractivity contribution in [2.24, 2.45) is 0 Å². The van der Waals surface area contributed by atoms with Crippen LogP contribution in [0.3, 0.4) is 0 Å². The van der Waals surface area contributed by atoms with E-state index >= 15 is 0 Å². The summed E-state index contributed by atoms with van der Waals surface area (Å²) in [6.45, 7) is 11.9. The van der Waals surface area contributed by atoms with Gasteiger partial charge in [0.25, 0.3) is 11.1 Å². The van der Waals surface area contributed by atoms with E-state index in [1.165, 1.54) is 24.3 Å². The molecule has 6 aromatic rings. The van der Waals surface area contributed by atoms with Crippen molar-refractivity contribution < 1.29 is 33.6 Å². The second-order valence-electron chi connectivity index (χ2n) is 18.7. The lowest BCUT2D eigenvalue weighted by molar-refractivity contribution is 0.0207. The lowest BCUT2D eigenvalue weighted by atomic mass is 10.1. The van der Waals surface area contributed by atoms with Crippen LogP contribution >= 0.6 is 0 Å². The number of benzene rings is 4. The maximum atomic E-state index is 13.4. The van der Waals surface area contributed by atoms with Crippen LogP contribution in [0.1, 0.15) is 102 Å². The molecule has 8 rings (SSSR count). The highest BCUT2D eigenvalue weighted by Crippen LogP contribution is 2.22. The number of hydrogen-bond acceptors (Lipinski definition) is 8. The van der Waals surface area contributed by atoms with E-state index in [-0.39, 0.29) is 40.9 Å². The van der Waals surface area contributed by atoms with Crippen molar-refractivity contribution in [3.8, 4) is 23.7 Å².